The standard InChI is InChI=1S/C15H18O7/c1-19-11-6-5-9(13(20-2)14(11)21-3)7-10(8-12(16)17)15(18)22-4/h5-7H,8H2,1-4H3,(H,16,17)/b10-7+. The summed E-state index contributed by atoms with van der Waals surface area (Å²) in [5.74, 6) is -0.739. The fraction of sp³-hybridized carbons (Fsp3) is 0.333. The molecule has 7 heteroatoms. The van der Waals surface area contributed by atoms with Crippen molar-refractivity contribution in [2.24, 2.45) is 0 Å². The molecule has 22 heavy (non-hydrogen) atoms. The maximum Gasteiger partial charge on any atom is 0.334 e. The molecule has 0 aromatic heterocycles. The van der Waals surface area contributed by atoms with Crippen molar-refractivity contribution >= 4 is 18.0 Å². The number of carbonyl (C=O) groups excluding carboxylic acids is 1. The summed E-state index contributed by atoms with van der Waals surface area (Å²) in [6, 6.07) is 3.26. The normalized spacial score (nSPS) is 10.8. The van der Waals surface area contributed by atoms with E-state index in [2.05, 4.69) is 4.74 Å². The van der Waals surface area contributed by atoms with Crippen molar-refractivity contribution in [1.82, 2.24) is 0 Å². The highest BCUT2D eigenvalue weighted by atomic mass is 16.5. The van der Waals surface area contributed by atoms with Crippen LogP contribution in [0.4, 0.5) is 0 Å². The Morgan fingerprint density at radius 2 is 1.68 bits per heavy atom. The van der Waals surface area contributed by atoms with Gasteiger partial charge in [-0.2, -0.15) is 0 Å². The lowest BCUT2D eigenvalue weighted by Crippen LogP contribution is -2.09. The Kier molecular flexibility index (Phi) is 6.25. The van der Waals surface area contributed by atoms with E-state index in [4.69, 9.17) is 19.3 Å². The number of carboxylic acids is 1. The van der Waals surface area contributed by atoms with Gasteiger partial charge in [0.25, 0.3) is 0 Å². The number of carboxylic acid groups (broad SMARTS) is 1. The van der Waals surface area contributed by atoms with Gasteiger partial charge in [0, 0.05) is 11.1 Å². The topological polar surface area (TPSA) is 91.3 Å². The third kappa shape index (κ3) is 3.91. The summed E-state index contributed by atoms with van der Waals surface area (Å²) in [5.41, 5.74) is 0.460. The van der Waals surface area contributed by atoms with Crippen LogP contribution in [0.25, 0.3) is 6.08 Å². The van der Waals surface area contributed by atoms with E-state index in [9.17, 15) is 9.59 Å². The molecule has 0 saturated carbocycles. The van der Waals surface area contributed by atoms with Crippen molar-refractivity contribution in [1.29, 1.82) is 0 Å². The summed E-state index contributed by atoms with van der Waals surface area (Å²) >= 11 is 0. The molecule has 0 spiro atoms. The lowest BCUT2D eigenvalue weighted by atomic mass is 10.1. The molecule has 0 fully saturated rings. The highest BCUT2D eigenvalue weighted by Gasteiger charge is 2.18. The van der Waals surface area contributed by atoms with Gasteiger partial charge in [-0.25, -0.2) is 4.79 Å². The number of aliphatic carboxylic acids is 1. The van der Waals surface area contributed by atoms with Crippen LogP contribution in [0.3, 0.4) is 0 Å². The zero-order valence-electron chi connectivity index (χ0n) is 12.8. The van der Waals surface area contributed by atoms with Gasteiger partial charge in [-0.1, -0.05) is 0 Å². The molecule has 0 unspecified atom stereocenters. The van der Waals surface area contributed by atoms with E-state index >= 15 is 0 Å². The van der Waals surface area contributed by atoms with Gasteiger partial charge in [0.05, 0.1) is 34.9 Å². The molecule has 1 rings (SSSR count). The molecule has 0 heterocycles. The Balaban J connectivity index is 3.42. The van der Waals surface area contributed by atoms with E-state index in [1.807, 2.05) is 0 Å². The van der Waals surface area contributed by atoms with E-state index in [1.54, 1.807) is 12.1 Å². The van der Waals surface area contributed by atoms with Crippen LogP contribution in [0.15, 0.2) is 17.7 Å². The van der Waals surface area contributed by atoms with Crippen molar-refractivity contribution in [3.63, 3.8) is 0 Å². The van der Waals surface area contributed by atoms with Crippen LogP contribution >= 0.6 is 0 Å². The van der Waals surface area contributed by atoms with Gasteiger partial charge >= 0.3 is 11.9 Å². The third-order valence-electron chi connectivity index (χ3n) is 2.85. The second kappa shape index (κ2) is 7.92. The van der Waals surface area contributed by atoms with Gasteiger partial charge in [0.2, 0.25) is 5.75 Å². The fourth-order valence-corrected chi connectivity index (χ4v) is 1.90. The summed E-state index contributed by atoms with van der Waals surface area (Å²) < 4.78 is 20.3. The number of carbonyl (C=O) groups is 2. The molecule has 0 aliphatic rings. The van der Waals surface area contributed by atoms with E-state index in [0.29, 0.717) is 22.8 Å². The highest BCUT2D eigenvalue weighted by molar-refractivity contribution is 5.98. The quantitative estimate of drug-likeness (QED) is 0.606. The van der Waals surface area contributed by atoms with Gasteiger partial charge in [-0.05, 0) is 18.2 Å². The number of rotatable bonds is 7. The molecule has 0 bridgehead atoms. The first-order chi connectivity index (χ1) is 10.5. The Hall–Kier alpha value is -2.70. The van der Waals surface area contributed by atoms with Crippen LogP contribution in [-0.4, -0.2) is 45.5 Å². The third-order valence-corrected chi connectivity index (χ3v) is 2.85. The highest BCUT2D eigenvalue weighted by Crippen LogP contribution is 2.40. The number of esters is 1. The summed E-state index contributed by atoms with van der Waals surface area (Å²) in [6.45, 7) is 0. The van der Waals surface area contributed by atoms with Gasteiger partial charge in [-0.15, -0.1) is 0 Å². The monoisotopic (exact) mass is 310 g/mol. The van der Waals surface area contributed by atoms with E-state index in [-0.39, 0.29) is 5.57 Å². The van der Waals surface area contributed by atoms with Crippen molar-refractivity contribution in [3.8, 4) is 17.2 Å². The SMILES string of the molecule is COC(=O)/C(=C/c1ccc(OC)c(OC)c1OC)CC(=O)O. The first kappa shape index (κ1) is 17.4. The summed E-state index contributed by atoms with van der Waals surface area (Å²) in [7, 11) is 5.55. The molecule has 1 N–H and O–H groups in total. The predicted molar refractivity (Wildman–Crippen MR) is 78.3 cm³/mol. The molecule has 0 atom stereocenters. The molecule has 0 saturated heterocycles. The first-order valence-corrected chi connectivity index (χ1v) is 6.28. The van der Waals surface area contributed by atoms with Crippen LogP contribution < -0.4 is 14.2 Å². The van der Waals surface area contributed by atoms with Gasteiger partial charge in [0.1, 0.15) is 0 Å². The number of methoxy groups -OCH3 is 4. The molecular formula is C15H18O7. The van der Waals surface area contributed by atoms with Gasteiger partial charge < -0.3 is 24.1 Å². The first-order valence-electron chi connectivity index (χ1n) is 6.28. The van der Waals surface area contributed by atoms with Gasteiger partial charge in [-0.3, -0.25) is 4.79 Å². The van der Waals surface area contributed by atoms with Crippen LogP contribution in [0.1, 0.15) is 12.0 Å². The Labute approximate surface area is 128 Å². The van der Waals surface area contributed by atoms with Crippen molar-refractivity contribution < 1.29 is 33.6 Å². The molecule has 1 aromatic rings. The minimum atomic E-state index is -1.14. The summed E-state index contributed by atoms with van der Waals surface area (Å²) in [6.07, 6.45) is 0.922. The predicted octanol–water partition coefficient (Wildman–Crippen LogP) is 1.74. The maximum absolute atomic E-state index is 11.7. The fourth-order valence-electron chi connectivity index (χ4n) is 1.90. The van der Waals surface area contributed by atoms with Crippen molar-refractivity contribution in [3.05, 3.63) is 23.3 Å². The van der Waals surface area contributed by atoms with E-state index in [0.717, 1.165) is 0 Å². The molecule has 120 valence electrons. The molecule has 0 aliphatic carbocycles. The number of ether oxygens (including phenoxy) is 4. The molecule has 1 aromatic carbocycles. The van der Waals surface area contributed by atoms with Gasteiger partial charge in [0.15, 0.2) is 11.5 Å². The molecule has 0 amide bonds. The second-order valence-corrected chi connectivity index (χ2v) is 4.16. The molecule has 0 aliphatic heterocycles. The Morgan fingerprint density at radius 3 is 2.14 bits per heavy atom. The Morgan fingerprint density at radius 1 is 1.05 bits per heavy atom. The van der Waals surface area contributed by atoms with Crippen LogP contribution in [0.2, 0.25) is 0 Å². The lowest BCUT2D eigenvalue weighted by Gasteiger charge is -2.14. The zero-order valence-corrected chi connectivity index (χ0v) is 12.8. The zero-order chi connectivity index (χ0) is 16.7. The summed E-state index contributed by atoms with van der Waals surface area (Å²) in [5, 5.41) is 8.89. The number of hydrogen-bond acceptors (Lipinski definition) is 6. The smallest absolute Gasteiger partial charge is 0.334 e. The molecular weight excluding hydrogens is 292 g/mol. The van der Waals surface area contributed by atoms with E-state index < -0.39 is 18.4 Å². The average Bonchev–Trinajstić information content (AvgIpc) is 2.52. The molecule has 0 radical (unpaired) electrons. The number of benzene rings is 1. The van der Waals surface area contributed by atoms with E-state index in [1.165, 1.54) is 34.5 Å². The van der Waals surface area contributed by atoms with Crippen LogP contribution in [0.5, 0.6) is 17.2 Å². The second-order valence-electron chi connectivity index (χ2n) is 4.16. The average molecular weight is 310 g/mol. The van der Waals surface area contributed by atoms with Crippen LogP contribution in [-0.2, 0) is 14.3 Å². The minimum Gasteiger partial charge on any atom is -0.493 e. The Bertz CT molecular complexity index is 590. The number of hydrogen-bond donors (Lipinski definition) is 1. The largest absolute Gasteiger partial charge is 0.493 e. The minimum absolute atomic E-state index is 0.0134. The lowest BCUT2D eigenvalue weighted by molar-refractivity contribution is -0.141. The summed E-state index contributed by atoms with van der Waals surface area (Å²) in [4.78, 5) is 22.6. The molecule has 7 nitrogen and oxygen atoms in total. The van der Waals surface area contributed by atoms with Crippen molar-refractivity contribution in [2.75, 3.05) is 28.4 Å². The van der Waals surface area contributed by atoms with Crippen LogP contribution in [0, 0.1) is 0 Å². The van der Waals surface area contributed by atoms with Crippen molar-refractivity contribution in [2.45, 2.75) is 6.42 Å². The maximum atomic E-state index is 11.7.